The topological polar surface area (TPSA) is 52.6 Å². The van der Waals surface area contributed by atoms with Crippen molar-refractivity contribution in [1.82, 2.24) is 5.32 Å². The van der Waals surface area contributed by atoms with Crippen LogP contribution in [0.2, 0.25) is 0 Å². The average Bonchev–Trinajstić information content (AvgIpc) is 2.40. The summed E-state index contributed by atoms with van der Waals surface area (Å²) in [7, 11) is 0. The summed E-state index contributed by atoms with van der Waals surface area (Å²) in [5, 5.41) is 11.9. The Morgan fingerprint density at radius 1 is 1.20 bits per heavy atom. The van der Waals surface area contributed by atoms with E-state index in [2.05, 4.69) is 24.1 Å². The second-order valence-corrected chi connectivity index (χ2v) is 5.53. The molecule has 0 bridgehead atoms. The van der Waals surface area contributed by atoms with Crippen LogP contribution in [0.3, 0.4) is 0 Å². The molecule has 4 nitrogen and oxygen atoms in total. The number of aliphatic hydroxyl groups excluding tert-OH is 1. The van der Waals surface area contributed by atoms with Gasteiger partial charge in [0, 0.05) is 36.5 Å². The maximum absolute atomic E-state index is 12.1. The Labute approximate surface area is 121 Å². The number of aliphatic hydroxyl groups is 1. The van der Waals surface area contributed by atoms with Gasteiger partial charge >= 0.3 is 0 Å². The van der Waals surface area contributed by atoms with Crippen LogP contribution < -0.4 is 10.2 Å². The van der Waals surface area contributed by atoms with Crippen molar-refractivity contribution in [1.29, 1.82) is 0 Å². The number of nitrogens with one attached hydrogen (secondary N) is 1. The number of carbonyl (C=O) groups excluding carboxylic acids is 1. The zero-order valence-corrected chi connectivity index (χ0v) is 12.9. The van der Waals surface area contributed by atoms with Gasteiger partial charge in [0.05, 0.1) is 0 Å². The number of hydrogen-bond donors (Lipinski definition) is 2. The number of benzene rings is 1. The van der Waals surface area contributed by atoms with Gasteiger partial charge in [-0.3, -0.25) is 4.79 Å². The van der Waals surface area contributed by atoms with Gasteiger partial charge in [-0.15, -0.1) is 0 Å². The second-order valence-electron chi connectivity index (χ2n) is 5.53. The lowest BCUT2D eigenvalue weighted by Crippen LogP contribution is -2.44. The smallest absolute Gasteiger partial charge is 0.251 e. The molecule has 0 heterocycles. The normalized spacial score (nSPS) is 11.2. The molecule has 0 saturated carbocycles. The number of amides is 1. The Balaban J connectivity index is 2.75. The Kier molecular flexibility index (Phi) is 6.02. The first-order chi connectivity index (χ1) is 9.43. The fraction of sp³-hybridized carbons (Fsp3) is 0.562. The Bertz CT molecular complexity index is 423. The van der Waals surface area contributed by atoms with E-state index in [9.17, 15) is 4.79 Å². The summed E-state index contributed by atoms with van der Waals surface area (Å²) < 4.78 is 0. The molecule has 1 aromatic rings. The van der Waals surface area contributed by atoms with E-state index in [-0.39, 0.29) is 12.5 Å². The molecule has 0 aliphatic rings. The van der Waals surface area contributed by atoms with E-state index in [0.29, 0.717) is 12.0 Å². The van der Waals surface area contributed by atoms with Crippen molar-refractivity contribution in [2.24, 2.45) is 0 Å². The molecule has 0 spiro atoms. The molecule has 0 aliphatic carbocycles. The van der Waals surface area contributed by atoms with Crippen molar-refractivity contribution in [2.75, 3.05) is 24.6 Å². The molecular weight excluding hydrogens is 252 g/mol. The van der Waals surface area contributed by atoms with Crippen LogP contribution in [0.4, 0.5) is 5.69 Å². The molecule has 20 heavy (non-hydrogen) atoms. The molecule has 1 aromatic carbocycles. The first-order valence-electron chi connectivity index (χ1n) is 7.22. The summed E-state index contributed by atoms with van der Waals surface area (Å²) in [6.45, 7) is 10.0. The van der Waals surface area contributed by atoms with E-state index in [1.54, 1.807) is 0 Å². The van der Waals surface area contributed by atoms with Gasteiger partial charge in [0.25, 0.3) is 5.91 Å². The molecule has 0 saturated heterocycles. The summed E-state index contributed by atoms with van der Waals surface area (Å²) in [4.78, 5) is 14.4. The van der Waals surface area contributed by atoms with Crippen LogP contribution in [0, 0.1) is 0 Å². The monoisotopic (exact) mass is 278 g/mol. The quantitative estimate of drug-likeness (QED) is 0.805. The van der Waals surface area contributed by atoms with Crippen LogP contribution in [0.25, 0.3) is 0 Å². The van der Waals surface area contributed by atoms with Crippen LogP contribution >= 0.6 is 0 Å². The van der Waals surface area contributed by atoms with Crippen molar-refractivity contribution < 1.29 is 9.90 Å². The van der Waals surface area contributed by atoms with Crippen molar-refractivity contribution in [2.45, 2.75) is 39.7 Å². The summed E-state index contributed by atoms with van der Waals surface area (Å²) in [6.07, 6.45) is 0.538. The average molecular weight is 278 g/mol. The Morgan fingerprint density at radius 2 is 1.75 bits per heavy atom. The molecular formula is C16H26N2O2. The molecule has 0 fully saturated rings. The van der Waals surface area contributed by atoms with E-state index in [1.807, 2.05) is 38.1 Å². The van der Waals surface area contributed by atoms with Crippen LogP contribution in [0.15, 0.2) is 24.3 Å². The van der Waals surface area contributed by atoms with E-state index in [4.69, 9.17) is 5.11 Å². The van der Waals surface area contributed by atoms with Gasteiger partial charge in [-0.2, -0.15) is 0 Å². The SMILES string of the molecule is CCN(CC)c1ccc(C(=O)NC(C)(C)CCO)cc1. The van der Waals surface area contributed by atoms with Gasteiger partial charge in [0.2, 0.25) is 0 Å². The maximum Gasteiger partial charge on any atom is 0.251 e. The van der Waals surface area contributed by atoms with Crippen LogP contribution in [0.5, 0.6) is 0 Å². The predicted molar refractivity (Wildman–Crippen MR) is 83.3 cm³/mol. The summed E-state index contributed by atoms with van der Waals surface area (Å²) in [5.74, 6) is -0.102. The fourth-order valence-electron chi connectivity index (χ4n) is 2.13. The number of rotatable bonds is 7. The van der Waals surface area contributed by atoms with E-state index in [1.165, 1.54) is 0 Å². The molecule has 0 radical (unpaired) electrons. The van der Waals surface area contributed by atoms with Crippen LogP contribution in [-0.2, 0) is 0 Å². The van der Waals surface area contributed by atoms with Gasteiger partial charge in [-0.25, -0.2) is 0 Å². The van der Waals surface area contributed by atoms with Gasteiger partial charge in [-0.05, 0) is 58.4 Å². The minimum atomic E-state index is -0.399. The summed E-state index contributed by atoms with van der Waals surface area (Å²) in [5.41, 5.74) is 1.37. The van der Waals surface area contributed by atoms with E-state index < -0.39 is 5.54 Å². The van der Waals surface area contributed by atoms with Gasteiger partial charge < -0.3 is 15.3 Å². The van der Waals surface area contributed by atoms with Crippen molar-refractivity contribution in [3.63, 3.8) is 0 Å². The second kappa shape index (κ2) is 7.29. The molecule has 2 N–H and O–H groups in total. The van der Waals surface area contributed by atoms with Crippen molar-refractivity contribution in [3.8, 4) is 0 Å². The van der Waals surface area contributed by atoms with Gasteiger partial charge in [-0.1, -0.05) is 0 Å². The minimum Gasteiger partial charge on any atom is -0.396 e. The summed E-state index contributed by atoms with van der Waals surface area (Å²) in [6, 6.07) is 7.64. The highest BCUT2D eigenvalue weighted by Gasteiger charge is 2.20. The van der Waals surface area contributed by atoms with Gasteiger partial charge in [0.15, 0.2) is 0 Å². The first-order valence-corrected chi connectivity index (χ1v) is 7.22. The highest BCUT2D eigenvalue weighted by molar-refractivity contribution is 5.95. The molecule has 0 aromatic heterocycles. The lowest BCUT2D eigenvalue weighted by atomic mass is 10.0. The van der Waals surface area contributed by atoms with Crippen molar-refractivity contribution >= 4 is 11.6 Å². The minimum absolute atomic E-state index is 0.0637. The molecule has 0 aliphatic heterocycles. The van der Waals surface area contributed by atoms with E-state index >= 15 is 0 Å². The highest BCUT2D eigenvalue weighted by atomic mass is 16.3. The Hall–Kier alpha value is -1.55. The summed E-state index contributed by atoms with van der Waals surface area (Å²) >= 11 is 0. The zero-order chi connectivity index (χ0) is 15.2. The molecule has 1 amide bonds. The highest BCUT2D eigenvalue weighted by Crippen LogP contribution is 2.16. The number of hydrogen-bond acceptors (Lipinski definition) is 3. The van der Waals surface area contributed by atoms with Crippen molar-refractivity contribution in [3.05, 3.63) is 29.8 Å². The third-order valence-corrected chi connectivity index (χ3v) is 3.45. The Morgan fingerprint density at radius 3 is 2.20 bits per heavy atom. The largest absolute Gasteiger partial charge is 0.396 e. The lowest BCUT2D eigenvalue weighted by Gasteiger charge is -2.25. The predicted octanol–water partition coefficient (Wildman–Crippen LogP) is 2.42. The lowest BCUT2D eigenvalue weighted by molar-refractivity contribution is 0.0899. The van der Waals surface area contributed by atoms with E-state index in [0.717, 1.165) is 18.8 Å². The number of anilines is 1. The zero-order valence-electron chi connectivity index (χ0n) is 12.9. The molecule has 4 heteroatoms. The standard InChI is InChI=1S/C16H26N2O2/c1-5-18(6-2)14-9-7-13(8-10-14)15(20)17-16(3,4)11-12-19/h7-10,19H,5-6,11-12H2,1-4H3,(H,17,20). The molecule has 1 rings (SSSR count). The molecule has 0 unspecified atom stereocenters. The van der Waals surface area contributed by atoms with Gasteiger partial charge in [0.1, 0.15) is 0 Å². The molecule has 112 valence electrons. The van der Waals surface area contributed by atoms with Crippen LogP contribution in [0.1, 0.15) is 44.5 Å². The first kappa shape index (κ1) is 16.5. The third-order valence-electron chi connectivity index (χ3n) is 3.45. The number of carbonyl (C=O) groups is 1. The molecule has 0 atom stereocenters. The number of nitrogens with zero attached hydrogens (tertiary/aromatic N) is 1. The third kappa shape index (κ3) is 4.53. The maximum atomic E-state index is 12.1. The van der Waals surface area contributed by atoms with Crippen LogP contribution in [-0.4, -0.2) is 36.2 Å². The fourth-order valence-corrected chi connectivity index (χ4v) is 2.13.